The van der Waals surface area contributed by atoms with Gasteiger partial charge < -0.3 is 10.1 Å². The van der Waals surface area contributed by atoms with Gasteiger partial charge in [0.05, 0.1) is 23.8 Å². The van der Waals surface area contributed by atoms with E-state index in [1.165, 1.54) is 35.1 Å². The maximum atomic E-state index is 13.3. The van der Waals surface area contributed by atoms with Crippen molar-refractivity contribution in [1.29, 1.82) is 0 Å². The monoisotopic (exact) mass is 529 g/mol. The quantitative estimate of drug-likeness (QED) is 0.153. The maximum Gasteiger partial charge on any atom is 0.341 e. The van der Waals surface area contributed by atoms with Gasteiger partial charge in [-0.1, -0.05) is 24.3 Å². The largest absolute Gasteiger partial charge is 0.465 e. The van der Waals surface area contributed by atoms with Crippen molar-refractivity contribution in [2.45, 2.75) is 63.1 Å². The molecular formula is C25H27N3O4S3. The number of nitrogens with zero attached hydrogens (tertiary/aromatic N) is 2. The normalized spacial score (nSPS) is 14.9. The average Bonchev–Trinajstić information content (AvgIpc) is 3.47. The van der Waals surface area contributed by atoms with E-state index in [1.54, 1.807) is 22.0 Å². The van der Waals surface area contributed by atoms with E-state index in [0.29, 0.717) is 22.3 Å². The van der Waals surface area contributed by atoms with Crippen LogP contribution in [-0.2, 0) is 41.8 Å². The van der Waals surface area contributed by atoms with Gasteiger partial charge in [-0.15, -0.1) is 29.3 Å². The Morgan fingerprint density at radius 2 is 1.86 bits per heavy atom. The molecule has 2 aliphatic rings. The van der Waals surface area contributed by atoms with Gasteiger partial charge in [0.15, 0.2) is 5.16 Å². The zero-order valence-electron chi connectivity index (χ0n) is 19.6. The van der Waals surface area contributed by atoms with Crippen molar-refractivity contribution in [2.75, 3.05) is 18.2 Å². The molecule has 0 aromatic carbocycles. The van der Waals surface area contributed by atoms with Crippen molar-refractivity contribution in [1.82, 2.24) is 9.55 Å². The average molecular weight is 530 g/mol. The van der Waals surface area contributed by atoms with Crippen molar-refractivity contribution < 1.29 is 14.3 Å². The number of allylic oxidation sites excluding steroid dienone is 1. The van der Waals surface area contributed by atoms with Gasteiger partial charge in [0.2, 0.25) is 5.91 Å². The van der Waals surface area contributed by atoms with E-state index in [-0.39, 0.29) is 17.2 Å². The number of carbonyl (C=O) groups excluding carboxylic acids is 2. The number of fused-ring (bicyclic) bond motifs is 4. The topological polar surface area (TPSA) is 90.3 Å². The van der Waals surface area contributed by atoms with Crippen LogP contribution < -0.4 is 10.9 Å². The van der Waals surface area contributed by atoms with E-state index < -0.39 is 5.97 Å². The summed E-state index contributed by atoms with van der Waals surface area (Å²) >= 11 is 4.29. The molecule has 0 saturated carbocycles. The predicted molar refractivity (Wildman–Crippen MR) is 142 cm³/mol. The van der Waals surface area contributed by atoms with E-state index in [4.69, 9.17) is 9.72 Å². The summed E-state index contributed by atoms with van der Waals surface area (Å²) in [7, 11) is 1.37. The minimum Gasteiger partial charge on any atom is -0.465 e. The van der Waals surface area contributed by atoms with Gasteiger partial charge in [0, 0.05) is 16.3 Å². The lowest BCUT2D eigenvalue weighted by molar-refractivity contribution is -0.113. The number of esters is 1. The first kappa shape index (κ1) is 24.3. The standard InChI is InChI=1S/C25H27N3O4S3/c1-3-12-28-23(30)19-14-9-7-11-17(14)34-21(19)27-25(28)33-13-18(29)26-22-20(24(31)32-2)15-8-5-4-6-10-16(15)35-22/h3H,1,4-13H2,2H3,(H,26,29). The molecule has 3 aromatic heterocycles. The minimum atomic E-state index is -0.412. The highest BCUT2D eigenvalue weighted by molar-refractivity contribution is 7.99. The van der Waals surface area contributed by atoms with Crippen LogP contribution in [-0.4, -0.2) is 34.3 Å². The van der Waals surface area contributed by atoms with Crippen LogP contribution >= 0.6 is 34.4 Å². The molecule has 0 bridgehead atoms. The van der Waals surface area contributed by atoms with Crippen molar-refractivity contribution in [3.05, 3.63) is 49.5 Å². The van der Waals surface area contributed by atoms with Crippen LogP contribution in [0.4, 0.5) is 5.00 Å². The van der Waals surface area contributed by atoms with Crippen molar-refractivity contribution in [3.63, 3.8) is 0 Å². The number of ether oxygens (including phenoxy) is 1. The number of rotatable bonds is 7. The van der Waals surface area contributed by atoms with Crippen molar-refractivity contribution in [2.24, 2.45) is 0 Å². The maximum absolute atomic E-state index is 13.3. The Morgan fingerprint density at radius 1 is 1.11 bits per heavy atom. The van der Waals surface area contributed by atoms with Gasteiger partial charge in [0.25, 0.3) is 5.56 Å². The summed E-state index contributed by atoms with van der Waals surface area (Å²) in [5.41, 5.74) is 2.58. The molecule has 0 unspecified atom stereocenters. The van der Waals surface area contributed by atoms with Gasteiger partial charge in [0.1, 0.15) is 9.83 Å². The number of anilines is 1. The first-order chi connectivity index (χ1) is 17.0. The Kier molecular flexibility index (Phi) is 7.13. The first-order valence-corrected chi connectivity index (χ1v) is 14.4. The van der Waals surface area contributed by atoms with Gasteiger partial charge >= 0.3 is 5.97 Å². The molecule has 184 valence electrons. The van der Waals surface area contributed by atoms with Crippen LogP contribution in [0.3, 0.4) is 0 Å². The van der Waals surface area contributed by atoms with Gasteiger partial charge in [-0.05, 0) is 56.1 Å². The number of thiophene rings is 2. The number of nitrogens with one attached hydrogen (secondary N) is 1. The summed E-state index contributed by atoms with van der Waals surface area (Å²) in [6.07, 6.45) is 9.65. The Balaban J connectivity index is 1.39. The summed E-state index contributed by atoms with van der Waals surface area (Å²) in [6, 6.07) is 0. The Morgan fingerprint density at radius 3 is 2.66 bits per heavy atom. The molecule has 0 radical (unpaired) electrons. The second kappa shape index (κ2) is 10.3. The molecule has 0 atom stereocenters. The van der Waals surface area contributed by atoms with E-state index in [0.717, 1.165) is 77.6 Å². The number of aromatic nitrogens is 2. The lowest BCUT2D eigenvalue weighted by Gasteiger charge is -2.11. The molecule has 0 saturated heterocycles. The van der Waals surface area contributed by atoms with Crippen LogP contribution in [0.2, 0.25) is 0 Å². The van der Waals surface area contributed by atoms with Crippen molar-refractivity contribution >= 4 is 61.5 Å². The zero-order chi connectivity index (χ0) is 24.5. The first-order valence-electron chi connectivity index (χ1n) is 11.8. The van der Waals surface area contributed by atoms with E-state index in [2.05, 4.69) is 11.9 Å². The number of aryl methyl sites for hydroxylation is 3. The molecule has 2 aliphatic carbocycles. The number of amides is 1. The summed E-state index contributed by atoms with van der Waals surface area (Å²) < 4.78 is 6.63. The zero-order valence-corrected chi connectivity index (χ0v) is 22.1. The Hall–Kier alpha value is -2.43. The molecule has 7 nitrogen and oxygen atoms in total. The molecule has 35 heavy (non-hydrogen) atoms. The molecule has 10 heteroatoms. The van der Waals surface area contributed by atoms with Crippen LogP contribution in [0.5, 0.6) is 0 Å². The minimum absolute atomic E-state index is 0.0628. The molecular weight excluding hydrogens is 502 g/mol. The summed E-state index contributed by atoms with van der Waals surface area (Å²) in [5.74, 6) is -0.585. The van der Waals surface area contributed by atoms with Gasteiger partial charge in [-0.3, -0.25) is 14.2 Å². The fourth-order valence-electron chi connectivity index (χ4n) is 4.90. The molecule has 0 spiro atoms. The van der Waals surface area contributed by atoms with E-state index >= 15 is 0 Å². The predicted octanol–water partition coefficient (Wildman–Crippen LogP) is 4.98. The summed E-state index contributed by atoms with van der Waals surface area (Å²) in [4.78, 5) is 46.7. The lowest BCUT2D eigenvalue weighted by atomic mass is 10.1. The van der Waals surface area contributed by atoms with Crippen LogP contribution in [0.1, 0.15) is 56.9 Å². The molecule has 1 amide bonds. The molecule has 5 rings (SSSR count). The number of hydrogen-bond acceptors (Lipinski definition) is 8. The summed E-state index contributed by atoms with van der Waals surface area (Å²) in [5, 5.41) is 4.72. The third-order valence-electron chi connectivity index (χ3n) is 6.50. The van der Waals surface area contributed by atoms with E-state index in [1.807, 2.05) is 0 Å². The summed E-state index contributed by atoms with van der Waals surface area (Å²) in [6.45, 7) is 4.12. The molecule has 3 heterocycles. The number of methoxy groups -OCH3 is 1. The second-order valence-electron chi connectivity index (χ2n) is 8.73. The van der Waals surface area contributed by atoms with Crippen LogP contribution in [0.25, 0.3) is 10.2 Å². The molecule has 1 N–H and O–H groups in total. The van der Waals surface area contributed by atoms with Crippen LogP contribution in [0, 0.1) is 0 Å². The fourth-order valence-corrected chi connectivity index (χ4v) is 8.30. The second-order valence-corrected chi connectivity index (χ2v) is 11.9. The third-order valence-corrected chi connectivity index (χ3v) is 9.87. The third kappa shape index (κ3) is 4.59. The number of thioether (sulfide) groups is 1. The molecule has 0 fully saturated rings. The fraction of sp³-hybridized carbons (Fsp3) is 0.440. The highest BCUT2D eigenvalue weighted by Gasteiger charge is 2.27. The SMILES string of the molecule is C=CCn1c(SCC(=O)Nc2sc3c(c2C(=O)OC)CCCCC3)nc2sc3c(c2c1=O)CCC3. The molecule has 3 aromatic rings. The van der Waals surface area contributed by atoms with Gasteiger partial charge in [-0.25, -0.2) is 9.78 Å². The highest BCUT2D eigenvalue weighted by atomic mass is 32.2. The van der Waals surface area contributed by atoms with Crippen LogP contribution in [0.15, 0.2) is 22.6 Å². The smallest absolute Gasteiger partial charge is 0.341 e. The Bertz CT molecular complexity index is 1380. The number of carbonyl (C=O) groups is 2. The molecule has 0 aliphatic heterocycles. The van der Waals surface area contributed by atoms with Gasteiger partial charge in [-0.2, -0.15) is 0 Å². The number of hydrogen-bond donors (Lipinski definition) is 1. The van der Waals surface area contributed by atoms with E-state index in [9.17, 15) is 14.4 Å². The lowest BCUT2D eigenvalue weighted by Crippen LogP contribution is -2.24. The van der Waals surface area contributed by atoms with Crippen molar-refractivity contribution in [3.8, 4) is 0 Å². The highest BCUT2D eigenvalue weighted by Crippen LogP contribution is 2.38. The Labute approximate surface area is 215 Å².